The summed E-state index contributed by atoms with van der Waals surface area (Å²) >= 11 is 0. The van der Waals surface area contributed by atoms with Gasteiger partial charge >= 0.3 is 0 Å². The topological polar surface area (TPSA) is 7.65 Å². The summed E-state index contributed by atoms with van der Waals surface area (Å²) in [6, 6.07) is 60.7. The second kappa shape index (κ2) is 15.9. The van der Waals surface area contributed by atoms with E-state index in [0.717, 1.165) is 50.5 Å². The molecule has 0 saturated heterocycles. The van der Waals surface area contributed by atoms with Crippen LogP contribution in [0.1, 0.15) is 62.4 Å². The molecule has 11 rings (SSSR count). The molecule has 0 atom stereocenters. The number of benzene rings is 7. The highest BCUT2D eigenvalue weighted by molar-refractivity contribution is 6.19. The van der Waals surface area contributed by atoms with Crippen molar-refractivity contribution < 1.29 is 0 Å². The van der Waals surface area contributed by atoms with Crippen LogP contribution in [-0.4, -0.2) is 4.40 Å². The van der Waals surface area contributed by atoms with E-state index in [1.807, 2.05) is 18.2 Å². The van der Waals surface area contributed by atoms with Crippen LogP contribution in [0.25, 0.3) is 71.8 Å². The second-order valence-corrected chi connectivity index (χ2v) is 18.9. The minimum Gasteiger partial charge on any atom is -0.310 e. The van der Waals surface area contributed by atoms with Crippen molar-refractivity contribution in [2.75, 3.05) is 4.90 Å². The SMILES string of the molecule is C=C/C=C(\C=C)c1c(-c2ccccc2)c2c3ccccc3c3ccccc3n2c1-c1ccc(N(c2ccc3c(c2)C(C)(C)C(C=C)=C3/C=C\C)c2ccc3c(c2)C(C)(C)c2ccccc2-3)cc1. The fourth-order valence-corrected chi connectivity index (χ4v) is 11.5. The van der Waals surface area contributed by atoms with E-state index in [1.54, 1.807) is 0 Å². The molecule has 0 amide bonds. The second-order valence-electron chi connectivity index (χ2n) is 18.9. The average molecular weight is 863 g/mol. The van der Waals surface area contributed by atoms with Gasteiger partial charge in [0.1, 0.15) is 0 Å². The summed E-state index contributed by atoms with van der Waals surface area (Å²) in [6.45, 7) is 24.3. The predicted octanol–water partition coefficient (Wildman–Crippen LogP) is 17.9. The average Bonchev–Trinajstić information content (AvgIpc) is 3.91. The first-order valence-electron chi connectivity index (χ1n) is 23.4. The third-order valence-electron chi connectivity index (χ3n) is 14.6. The number of fused-ring (bicyclic) bond motifs is 10. The minimum atomic E-state index is -0.225. The lowest BCUT2D eigenvalue weighted by molar-refractivity contribution is 0.654. The van der Waals surface area contributed by atoms with Crippen LogP contribution in [0.15, 0.2) is 226 Å². The van der Waals surface area contributed by atoms with Gasteiger partial charge in [-0.25, -0.2) is 0 Å². The number of hydrogen-bond acceptors (Lipinski definition) is 1. The molecule has 7 aromatic carbocycles. The molecular weight excluding hydrogens is 809 g/mol. The molecule has 2 aromatic heterocycles. The summed E-state index contributed by atoms with van der Waals surface area (Å²) in [5.41, 5.74) is 22.3. The molecule has 0 radical (unpaired) electrons. The Morgan fingerprint density at radius 1 is 0.552 bits per heavy atom. The van der Waals surface area contributed by atoms with Crippen molar-refractivity contribution in [3.8, 4) is 33.5 Å². The normalized spacial score (nSPS) is 14.7. The Kier molecular flexibility index (Phi) is 9.90. The summed E-state index contributed by atoms with van der Waals surface area (Å²) in [5.74, 6) is 0. The number of nitrogens with zero attached hydrogens (tertiary/aromatic N) is 2. The van der Waals surface area contributed by atoms with Gasteiger partial charge in [-0.2, -0.15) is 0 Å². The standard InChI is InChI=1S/C65H54N2/c1-9-22-42(11-3)60-61(43-24-14-13-15-25-43)63-54-29-17-16-26-48(54)53-28-19-21-31-59(53)67(63)62(60)44-32-34-45(35-33-44)66(46-36-38-51-49(23-10-2)55(12-4)64(5,6)57(51)40-46)47-37-39-52-50-27-18-20-30-56(50)65(7,8)58(52)41-47/h9-41H,1,3-4H2,2,5-8H3/b23-10-,42-22+. The molecule has 0 fully saturated rings. The third kappa shape index (κ3) is 6.24. The van der Waals surface area contributed by atoms with Crippen LogP contribution in [0.5, 0.6) is 0 Å². The maximum Gasteiger partial charge on any atom is 0.0626 e. The van der Waals surface area contributed by atoms with Crippen molar-refractivity contribution in [3.63, 3.8) is 0 Å². The number of allylic oxidation sites excluding steroid dienone is 9. The first-order valence-corrected chi connectivity index (χ1v) is 23.4. The zero-order valence-corrected chi connectivity index (χ0v) is 39.1. The maximum absolute atomic E-state index is 4.39. The Morgan fingerprint density at radius 3 is 1.84 bits per heavy atom. The van der Waals surface area contributed by atoms with Gasteiger partial charge in [0.05, 0.1) is 16.7 Å². The fourth-order valence-electron chi connectivity index (χ4n) is 11.5. The van der Waals surface area contributed by atoms with Gasteiger partial charge in [0.2, 0.25) is 0 Å². The number of anilines is 3. The van der Waals surface area contributed by atoms with Crippen LogP contribution in [0.3, 0.4) is 0 Å². The van der Waals surface area contributed by atoms with Crippen molar-refractivity contribution in [2.24, 2.45) is 0 Å². The first kappa shape index (κ1) is 41.7. The number of aromatic nitrogens is 1. The molecule has 0 N–H and O–H groups in total. The van der Waals surface area contributed by atoms with Crippen LogP contribution in [0, 0.1) is 0 Å². The molecule has 2 aliphatic carbocycles. The quantitative estimate of drug-likeness (QED) is 0.0982. The molecule has 0 spiro atoms. The molecule has 9 aromatic rings. The van der Waals surface area contributed by atoms with Crippen LogP contribution in [0.4, 0.5) is 17.1 Å². The molecule has 0 saturated carbocycles. The van der Waals surface area contributed by atoms with Gasteiger partial charge < -0.3 is 9.30 Å². The van der Waals surface area contributed by atoms with Crippen LogP contribution in [0.2, 0.25) is 0 Å². The van der Waals surface area contributed by atoms with E-state index in [-0.39, 0.29) is 10.8 Å². The van der Waals surface area contributed by atoms with E-state index in [4.69, 9.17) is 0 Å². The van der Waals surface area contributed by atoms with E-state index >= 15 is 0 Å². The Labute approximate surface area is 395 Å². The van der Waals surface area contributed by atoms with Gasteiger partial charge in [0.15, 0.2) is 0 Å². The molecule has 2 heteroatoms. The van der Waals surface area contributed by atoms with Crippen LogP contribution >= 0.6 is 0 Å². The van der Waals surface area contributed by atoms with Crippen LogP contribution in [-0.2, 0) is 10.8 Å². The van der Waals surface area contributed by atoms with E-state index in [0.29, 0.717) is 0 Å². The molecular formula is C65H54N2. The van der Waals surface area contributed by atoms with Crippen molar-refractivity contribution in [2.45, 2.75) is 45.4 Å². The fraction of sp³-hybridized carbons (Fsp3) is 0.108. The van der Waals surface area contributed by atoms with Gasteiger partial charge in [0.25, 0.3) is 0 Å². The highest BCUT2D eigenvalue weighted by Crippen LogP contribution is 2.53. The van der Waals surface area contributed by atoms with Gasteiger partial charge in [-0.3, -0.25) is 0 Å². The maximum atomic E-state index is 4.39. The predicted molar refractivity (Wildman–Crippen MR) is 289 cm³/mol. The Morgan fingerprint density at radius 2 is 1.15 bits per heavy atom. The molecule has 67 heavy (non-hydrogen) atoms. The highest BCUT2D eigenvalue weighted by Gasteiger charge is 2.38. The van der Waals surface area contributed by atoms with E-state index in [1.165, 1.54) is 71.8 Å². The largest absolute Gasteiger partial charge is 0.310 e. The lowest BCUT2D eigenvalue weighted by Crippen LogP contribution is -2.18. The van der Waals surface area contributed by atoms with E-state index in [2.05, 4.69) is 246 Å². The number of para-hydroxylation sites is 1. The smallest absolute Gasteiger partial charge is 0.0626 e. The van der Waals surface area contributed by atoms with Gasteiger partial charge in [0, 0.05) is 49.8 Å². The Bertz CT molecular complexity index is 3620. The summed E-state index contributed by atoms with van der Waals surface area (Å²) in [4.78, 5) is 2.45. The Balaban J connectivity index is 1.17. The lowest BCUT2D eigenvalue weighted by Gasteiger charge is -2.30. The molecule has 324 valence electrons. The number of pyridine rings is 1. The van der Waals surface area contributed by atoms with Gasteiger partial charge in [-0.15, -0.1) is 0 Å². The van der Waals surface area contributed by atoms with Gasteiger partial charge in [-0.1, -0.05) is 205 Å². The van der Waals surface area contributed by atoms with Crippen LogP contribution < -0.4 is 4.90 Å². The van der Waals surface area contributed by atoms with E-state index < -0.39 is 0 Å². The number of rotatable bonds is 10. The number of hydrogen-bond donors (Lipinski definition) is 0. The Hall–Kier alpha value is -7.94. The van der Waals surface area contributed by atoms with Crippen molar-refractivity contribution in [3.05, 3.63) is 253 Å². The molecule has 2 nitrogen and oxygen atoms in total. The highest BCUT2D eigenvalue weighted by atomic mass is 15.1. The molecule has 0 unspecified atom stereocenters. The summed E-state index contributed by atoms with van der Waals surface area (Å²) in [7, 11) is 0. The van der Waals surface area contributed by atoms with Crippen molar-refractivity contribution >= 4 is 55.4 Å². The summed E-state index contributed by atoms with van der Waals surface area (Å²) < 4.78 is 2.50. The van der Waals surface area contributed by atoms with Gasteiger partial charge in [-0.05, 0) is 116 Å². The van der Waals surface area contributed by atoms with Crippen molar-refractivity contribution in [1.29, 1.82) is 0 Å². The molecule has 0 aliphatic heterocycles. The summed E-state index contributed by atoms with van der Waals surface area (Å²) in [6.07, 6.45) is 12.4. The first-order chi connectivity index (χ1) is 32.6. The lowest BCUT2D eigenvalue weighted by atomic mass is 9.81. The third-order valence-corrected chi connectivity index (χ3v) is 14.6. The zero-order chi connectivity index (χ0) is 46.2. The van der Waals surface area contributed by atoms with Crippen molar-refractivity contribution in [1.82, 2.24) is 4.40 Å². The molecule has 0 bridgehead atoms. The zero-order valence-electron chi connectivity index (χ0n) is 39.1. The minimum absolute atomic E-state index is 0.154. The monoisotopic (exact) mass is 862 g/mol. The van der Waals surface area contributed by atoms with E-state index in [9.17, 15) is 0 Å². The molecule has 2 aliphatic rings. The summed E-state index contributed by atoms with van der Waals surface area (Å²) in [5, 5.41) is 3.63. The molecule has 2 heterocycles.